The number of carboxylic acid groups (broad SMARTS) is 1. The molecule has 0 radical (unpaired) electrons. The van der Waals surface area contributed by atoms with Crippen molar-refractivity contribution in [2.75, 3.05) is 46.2 Å². The molecule has 0 aliphatic carbocycles. The van der Waals surface area contributed by atoms with Crippen LogP contribution in [0.15, 0.2) is 30.3 Å². The molecule has 21 saturated heterocycles. The van der Waals surface area contributed by atoms with Crippen LogP contribution in [-0.4, -0.2) is 380 Å². The van der Waals surface area contributed by atoms with E-state index in [0.717, 1.165) is 0 Å². The molecule has 1 aromatic carbocycles. The summed E-state index contributed by atoms with van der Waals surface area (Å²) in [6.07, 6.45) is -71.8. The van der Waals surface area contributed by atoms with Gasteiger partial charge in [-0.25, -0.2) is 0 Å². The van der Waals surface area contributed by atoms with Gasteiger partial charge in [0.05, 0.1) is 39.6 Å². The first kappa shape index (κ1) is 69.6. The Bertz CT molecular complexity index is 2310. The van der Waals surface area contributed by atoms with Crippen molar-refractivity contribution in [1.82, 2.24) is 5.32 Å². The van der Waals surface area contributed by atoms with Crippen molar-refractivity contribution in [1.29, 1.82) is 0 Å². The molecule has 504 valence electrons. The van der Waals surface area contributed by atoms with Crippen molar-refractivity contribution < 1.29 is 178 Å². The van der Waals surface area contributed by atoms with E-state index < -0.39 is 273 Å². The summed E-state index contributed by atoms with van der Waals surface area (Å²) in [5, 5.41) is 237. The average molecular weight is 1280 g/mol. The number of carboxylic acids is 1. The van der Waals surface area contributed by atoms with Gasteiger partial charge in [0.25, 0.3) is 0 Å². The summed E-state index contributed by atoms with van der Waals surface area (Å²) in [6, 6.07) is 6.86. The Morgan fingerprint density at radius 1 is 0.318 bits per heavy atom. The molecule has 21 fully saturated rings. The predicted molar refractivity (Wildman–Crippen MR) is 271 cm³/mol. The number of benzene rings is 1. The lowest BCUT2D eigenvalue weighted by atomic mass is 9.95. The summed E-state index contributed by atoms with van der Waals surface area (Å²) in [5.74, 6) is -1.38. The van der Waals surface area contributed by atoms with Crippen molar-refractivity contribution in [2.45, 2.75) is 227 Å². The molecule has 88 heavy (non-hydrogen) atoms. The van der Waals surface area contributed by atoms with Gasteiger partial charge in [0.2, 0.25) is 0 Å². The van der Waals surface area contributed by atoms with Crippen LogP contribution < -0.4 is 5.32 Å². The Hall–Kier alpha value is -2.71. The van der Waals surface area contributed by atoms with Crippen LogP contribution in [-0.2, 0) is 77.5 Å². The van der Waals surface area contributed by atoms with Gasteiger partial charge in [-0.2, -0.15) is 0 Å². The quantitative estimate of drug-likeness (QED) is 0.0924. The largest absolute Gasteiger partial charge is 0.480 e. The second kappa shape index (κ2) is 30.1. The zero-order chi connectivity index (χ0) is 63.7. The molecule has 37 nitrogen and oxygen atoms in total. The van der Waals surface area contributed by atoms with E-state index in [2.05, 4.69) is 5.32 Å². The van der Waals surface area contributed by atoms with Gasteiger partial charge in [-0.1, -0.05) is 30.3 Å². The van der Waals surface area contributed by atoms with Crippen LogP contribution in [0.25, 0.3) is 0 Å². The van der Waals surface area contributed by atoms with Gasteiger partial charge in [-0.15, -0.1) is 0 Å². The minimum Gasteiger partial charge on any atom is -0.480 e. The van der Waals surface area contributed by atoms with Gasteiger partial charge in [0.15, 0.2) is 44.0 Å². The third-order valence-corrected chi connectivity index (χ3v) is 16.7. The number of aliphatic carboxylic acids is 1. The fourth-order valence-corrected chi connectivity index (χ4v) is 11.8. The minimum atomic E-state index is -2.28. The lowest BCUT2D eigenvalue weighted by molar-refractivity contribution is -0.396. The van der Waals surface area contributed by atoms with Crippen molar-refractivity contribution in [3.05, 3.63) is 35.9 Å². The summed E-state index contributed by atoms with van der Waals surface area (Å²) in [7, 11) is 0. The minimum absolute atomic E-state index is 0.139. The van der Waals surface area contributed by atoms with E-state index >= 15 is 0 Å². The number of aliphatic hydroxyl groups excluding tert-OH is 20. The van der Waals surface area contributed by atoms with E-state index in [1.54, 1.807) is 30.3 Å². The lowest BCUT2D eigenvalue weighted by Crippen LogP contribution is -2.68. The Morgan fingerprint density at radius 2 is 0.523 bits per heavy atom. The molecule has 37 heteroatoms. The molecule has 0 spiro atoms. The van der Waals surface area contributed by atoms with E-state index in [9.17, 15) is 112 Å². The van der Waals surface area contributed by atoms with Crippen LogP contribution in [0.1, 0.15) is 5.56 Å². The van der Waals surface area contributed by atoms with Crippen LogP contribution in [0.2, 0.25) is 0 Å². The van der Waals surface area contributed by atoms with Crippen LogP contribution in [0.3, 0.4) is 0 Å². The van der Waals surface area contributed by atoms with Gasteiger partial charge in [0, 0.05) is 6.54 Å². The maximum atomic E-state index is 12.6. The topological polar surface area (TPSA) is 583 Å². The smallest absolute Gasteiger partial charge is 0.321 e. The lowest BCUT2D eigenvalue weighted by Gasteiger charge is -2.50. The van der Waals surface area contributed by atoms with Crippen molar-refractivity contribution in [3.8, 4) is 0 Å². The van der Waals surface area contributed by atoms with Gasteiger partial charge >= 0.3 is 5.97 Å². The van der Waals surface area contributed by atoms with E-state index in [-0.39, 0.29) is 6.42 Å². The third-order valence-electron chi connectivity index (χ3n) is 16.7. The molecule has 14 bridgehead atoms. The summed E-state index contributed by atoms with van der Waals surface area (Å²) >= 11 is 0. The van der Waals surface area contributed by atoms with Gasteiger partial charge in [-0.05, 0) is 12.0 Å². The highest BCUT2D eigenvalue weighted by molar-refractivity contribution is 5.73. The fourth-order valence-electron chi connectivity index (χ4n) is 11.8. The average Bonchev–Trinajstić information content (AvgIpc) is 0.981. The molecule has 36 atom stereocenters. The fraction of sp³-hybridized carbons (Fsp3) is 0.863. The first-order chi connectivity index (χ1) is 42.0. The molecule has 21 heterocycles. The standard InChI is InChI=1S/C51H79NO36/c53-8-17-38-25(61)32(68)47(77-17)85-40-19(10-55)79-49(34(70)27(40)63)87-42-21(12-57)81-51(36(72)29(42)65)88-43-22(13-58)80-50(35(71)28(43)64)86-41-20(11-56)78-48(33(69)26(41)62)84-39-18(9-54)76-46(31(67)24(39)60)82-37-16(75-45(83-38)30(66)23(37)59)7-52-15(44(73)74)6-14-4-2-1-3-5-14/h1-5,15-43,45-72H,6-13H2,(H,73,74)/t15-,16+,17+,18+,19+,20+,21+,22+,23+,24+,25+,26+,27+,28+,29+,30+,31+,32-,33+,34-,35+,36+,37+,38+,39+,40+,41+,42+,43+,45+,46+,47+,48+,49+,50+,51+/m0/s1. The zero-order valence-electron chi connectivity index (χ0n) is 46.3. The molecule has 1 aromatic rings. The SMILES string of the molecule is O=C(O)[C@H](Cc1ccccc1)NC[C@H]1O[C@@H]2O[C@H]3[C@H](O)[C@H](O)[C@@H](O[C@H]4[C@H](O)[C@H](O)[C@@H](O[C@H]5[C@H](O)[C@@H](O)[C@@H](O[C@H]6[C@H](O)[C@@H](O)[C@@H](O[C@H]7[C@H](O)[C@@H](O)[C@@H](O[C@H]8[C@H](O)[C@@H](O)[C@@H](O[C@H]1[C@H](O)[C@H]2O)O[C@@H]8CO)O[C@@H]7CO)O[C@@H]6CO)O[C@@H]5CO)O[C@@H]4CO)O[C@@H]3CO. The highest BCUT2D eigenvalue weighted by Crippen LogP contribution is 2.39. The van der Waals surface area contributed by atoms with Gasteiger partial charge in [-0.3, -0.25) is 4.79 Å². The van der Waals surface area contributed by atoms with E-state index in [1.165, 1.54) is 0 Å². The number of aliphatic hydroxyl groups is 20. The third kappa shape index (κ3) is 14.3. The summed E-state index contributed by atoms with van der Waals surface area (Å²) in [4.78, 5) is 12.6. The second-order valence-electron chi connectivity index (χ2n) is 22.5. The highest BCUT2D eigenvalue weighted by atomic mass is 16.8. The number of nitrogens with one attached hydrogen (secondary N) is 1. The van der Waals surface area contributed by atoms with Gasteiger partial charge < -0.3 is 179 Å². The molecule has 0 unspecified atom stereocenters. The molecule has 22 N–H and O–H groups in total. The number of hydrogen-bond acceptors (Lipinski definition) is 36. The van der Waals surface area contributed by atoms with Crippen molar-refractivity contribution >= 4 is 5.97 Å². The summed E-state index contributed by atoms with van der Waals surface area (Å²) in [5.41, 5.74) is 0.550. The number of ether oxygens (including phenoxy) is 14. The molecular formula is C51H79NO36. The van der Waals surface area contributed by atoms with Crippen LogP contribution in [0.5, 0.6) is 0 Å². The second-order valence-corrected chi connectivity index (χ2v) is 22.5. The Kier molecular flexibility index (Phi) is 23.8. The molecule has 22 rings (SSSR count). The monoisotopic (exact) mass is 1280 g/mol. The number of hydrogen-bond donors (Lipinski definition) is 22. The van der Waals surface area contributed by atoms with Gasteiger partial charge in [0.1, 0.15) is 177 Å². The van der Waals surface area contributed by atoms with E-state index in [4.69, 9.17) is 66.3 Å². The Morgan fingerprint density at radius 3 is 0.727 bits per heavy atom. The molecule has 0 aromatic heterocycles. The first-order valence-electron chi connectivity index (χ1n) is 28.3. The van der Waals surface area contributed by atoms with Crippen molar-refractivity contribution in [3.63, 3.8) is 0 Å². The Labute approximate surface area is 498 Å². The molecule has 0 amide bonds. The predicted octanol–water partition coefficient (Wildman–Crippen LogP) is -13.9. The van der Waals surface area contributed by atoms with E-state index in [0.29, 0.717) is 5.56 Å². The number of rotatable bonds is 12. The molecule has 0 saturated carbocycles. The van der Waals surface area contributed by atoms with Crippen LogP contribution in [0.4, 0.5) is 0 Å². The highest BCUT2D eigenvalue weighted by Gasteiger charge is 2.59. The van der Waals surface area contributed by atoms with Crippen LogP contribution >= 0.6 is 0 Å². The number of carbonyl (C=O) groups is 1. The maximum absolute atomic E-state index is 12.6. The first-order valence-corrected chi connectivity index (χ1v) is 28.3. The summed E-state index contributed by atoms with van der Waals surface area (Å²) in [6.45, 7) is -7.07. The molecule has 21 aliphatic rings. The van der Waals surface area contributed by atoms with Crippen molar-refractivity contribution in [2.24, 2.45) is 0 Å². The molecular weight excluding hydrogens is 1200 g/mol. The van der Waals surface area contributed by atoms with E-state index in [1.807, 2.05) is 0 Å². The summed E-state index contributed by atoms with van der Waals surface area (Å²) < 4.78 is 81.1. The van der Waals surface area contributed by atoms with Crippen LogP contribution in [0, 0.1) is 0 Å². The Balaban J connectivity index is 1.02. The maximum Gasteiger partial charge on any atom is 0.321 e. The normalized spacial score (nSPS) is 50.2. The zero-order valence-corrected chi connectivity index (χ0v) is 46.3. The molecule has 21 aliphatic heterocycles.